The Balaban J connectivity index is 2.21. The van der Waals surface area contributed by atoms with Gasteiger partial charge in [-0.3, -0.25) is 4.79 Å². The van der Waals surface area contributed by atoms with E-state index in [0.29, 0.717) is 13.0 Å². The molecule has 2 rings (SSSR count). The fraction of sp³-hybridized carbons (Fsp3) is 0.429. The SMILES string of the molecule is CC(CN)CC(=O)N(C)c1ccc2c(c1)ncn2C. The molecule has 5 heteroatoms. The van der Waals surface area contributed by atoms with E-state index < -0.39 is 0 Å². The summed E-state index contributed by atoms with van der Waals surface area (Å²) in [6, 6.07) is 5.85. The summed E-state index contributed by atoms with van der Waals surface area (Å²) in [5.41, 5.74) is 8.36. The van der Waals surface area contributed by atoms with Crippen molar-refractivity contribution in [3.8, 4) is 0 Å². The van der Waals surface area contributed by atoms with Crippen LogP contribution in [0.4, 0.5) is 5.69 Å². The maximum atomic E-state index is 12.1. The third-order valence-electron chi connectivity index (χ3n) is 3.40. The van der Waals surface area contributed by atoms with E-state index in [0.717, 1.165) is 16.7 Å². The lowest BCUT2D eigenvalue weighted by molar-refractivity contribution is -0.119. The Bertz CT molecular complexity index is 590. The highest BCUT2D eigenvalue weighted by atomic mass is 16.2. The maximum Gasteiger partial charge on any atom is 0.227 e. The van der Waals surface area contributed by atoms with E-state index in [2.05, 4.69) is 4.98 Å². The second-order valence-corrected chi connectivity index (χ2v) is 5.03. The molecule has 2 N–H and O–H groups in total. The van der Waals surface area contributed by atoms with Crippen LogP contribution >= 0.6 is 0 Å². The molecule has 0 saturated heterocycles. The number of aryl methyl sites for hydroxylation is 1. The normalized spacial score (nSPS) is 12.6. The number of aromatic nitrogens is 2. The van der Waals surface area contributed by atoms with Gasteiger partial charge in [-0.1, -0.05) is 6.92 Å². The van der Waals surface area contributed by atoms with Gasteiger partial charge in [-0.15, -0.1) is 0 Å². The molecular weight excluding hydrogens is 240 g/mol. The third-order valence-corrected chi connectivity index (χ3v) is 3.40. The molecule has 1 aromatic heterocycles. The van der Waals surface area contributed by atoms with Crippen LogP contribution < -0.4 is 10.6 Å². The number of hydrogen-bond donors (Lipinski definition) is 1. The molecule has 1 aromatic carbocycles. The van der Waals surface area contributed by atoms with Gasteiger partial charge in [0.1, 0.15) is 0 Å². The average molecular weight is 260 g/mol. The van der Waals surface area contributed by atoms with Gasteiger partial charge in [-0.25, -0.2) is 4.98 Å². The monoisotopic (exact) mass is 260 g/mol. The van der Waals surface area contributed by atoms with Crippen LogP contribution in [0.1, 0.15) is 13.3 Å². The molecule has 102 valence electrons. The van der Waals surface area contributed by atoms with Crippen LogP contribution in [-0.2, 0) is 11.8 Å². The number of anilines is 1. The molecule has 19 heavy (non-hydrogen) atoms. The van der Waals surface area contributed by atoms with Crippen molar-refractivity contribution in [2.45, 2.75) is 13.3 Å². The van der Waals surface area contributed by atoms with Crippen LogP contribution in [0.25, 0.3) is 11.0 Å². The fourth-order valence-corrected chi connectivity index (χ4v) is 2.00. The van der Waals surface area contributed by atoms with Gasteiger partial charge in [0.15, 0.2) is 0 Å². The summed E-state index contributed by atoms with van der Waals surface area (Å²) in [7, 11) is 3.74. The van der Waals surface area contributed by atoms with Gasteiger partial charge in [0.2, 0.25) is 5.91 Å². The molecule has 0 aliphatic rings. The second-order valence-electron chi connectivity index (χ2n) is 5.03. The Morgan fingerprint density at radius 3 is 2.95 bits per heavy atom. The zero-order valence-corrected chi connectivity index (χ0v) is 11.6. The molecule has 0 radical (unpaired) electrons. The van der Waals surface area contributed by atoms with Crippen LogP contribution in [0.15, 0.2) is 24.5 Å². The molecule has 5 nitrogen and oxygen atoms in total. The topological polar surface area (TPSA) is 64.2 Å². The van der Waals surface area contributed by atoms with Crippen molar-refractivity contribution < 1.29 is 4.79 Å². The molecule has 1 atom stereocenters. The zero-order valence-electron chi connectivity index (χ0n) is 11.6. The van der Waals surface area contributed by atoms with Crippen LogP contribution in [0.3, 0.4) is 0 Å². The van der Waals surface area contributed by atoms with E-state index in [-0.39, 0.29) is 11.8 Å². The van der Waals surface area contributed by atoms with Gasteiger partial charge in [0.05, 0.1) is 17.4 Å². The number of nitrogens with zero attached hydrogens (tertiary/aromatic N) is 3. The van der Waals surface area contributed by atoms with Crippen LogP contribution in [0.2, 0.25) is 0 Å². The first-order valence-corrected chi connectivity index (χ1v) is 6.40. The number of imidazole rings is 1. The molecule has 2 aromatic rings. The molecule has 0 bridgehead atoms. The number of carbonyl (C=O) groups is 1. The predicted molar refractivity (Wildman–Crippen MR) is 77.0 cm³/mol. The number of hydrogen-bond acceptors (Lipinski definition) is 3. The van der Waals surface area contributed by atoms with E-state index in [4.69, 9.17) is 5.73 Å². The van der Waals surface area contributed by atoms with Gasteiger partial charge >= 0.3 is 0 Å². The highest BCUT2D eigenvalue weighted by Crippen LogP contribution is 2.21. The Morgan fingerprint density at radius 2 is 2.26 bits per heavy atom. The van der Waals surface area contributed by atoms with Crippen LogP contribution in [0.5, 0.6) is 0 Å². The minimum Gasteiger partial charge on any atom is -0.334 e. The third kappa shape index (κ3) is 2.76. The van der Waals surface area contributed by atoms with Gasteiger partial charge in [-0.05, 0) is 30.7 Å². The summed E-state index contributed by atoms with van der Waals surface area (Å²) in [5.74, 6) is 0.279. The Hall–Kier alpha value is -1.88. The molecule has 0 aliphatic carbocycles. The van der Waals surface area contributed by atoms with E-state index in [1.807, 2.05) is 36.7 Å². The number of fused-ring (bicyclic) bond motifs is 1. The number of amides is 1. The lowest BCUT2D eigenvalue weighted by Crippen LogP contribution is -2.29. The minimum absolute atomic E-state index is 0.0771. The van der Waals surface area contributed by atoms with Crippen molar-refractivity contribution in [2.24, 2.45) is 18.7 Å². The number of carbonyl (C=O) groups excluding carboxylic acids is 1. The predicted octanol–water partition coefficient (Wildman–Crippen LogP) is 1.52. The number of rotatable bonds is 4. The van der Waals surface area contributed by atoms with Crippen molar-refractivity contribution in [3.63, 3.8) is 0 Å². The van der Waals surface area contributed by atoms with Crippen molar-refractivity contribution in [3.05, 3.63) is 24.5 Å². The lowest BCUT2D eigenvalue weighted by atomic mass is 10.1. The maximum absolute atomic E-state index is 12.1. The standard InChI is InChI=1S/C14H20N4O/c1-10(8-15)6-14(19)18(3)11-4-5-13-12(7-11)16-9-17(13)2/h4-5,7,9-10H,6,8,15H2,1-3H3. The molecule has 0 aliphatic heterocycles. The average Bonchev–Trinajstić information content (AvgIpc) is 2.78. The quantitative estimate of drug-likeness (QED) is 0.906. The molecule has 1 amide bonds. The summed E-state index contributed by atoms with van der Waals surface area (Å²) in [6.45, 7) is 2.51. The fourth-order valence-electron chi connectivity index (χ4n) is 2.00. The van der Waals surface area contributed by atoms with E-state index in [1.165, 1.54) is 0 Å². The molecule has 1 heterocycles. The Kier molecular flexibility index (Phi) is 3.85. The highest BCUT2D eigenvalue weighted by Gasteiger charge is 2.14. The first-order valence-electron chi connectivity index (χ1n) is 6.40. The van der Waals surface area contributed by atoms with E-state index in [1.54, 1.807) is 18.3 Å². The summed E-state index contributed by atoms with van der Waals surface area (Å²) < 4.78 is 1.96. The molecule has 0 spiro atoms. The van der Waals surface area contributed by atoms with Gasteiger partial charge in [0, 0.05) is 26.2 Å². The highest BCUT2D eigenvalue weighted by molar-refractivity contribution is 5.95. The van der Waals surface area contributed by atoms with Gasteiger partial charge < -0.3 is 15.2 Å². The summed E-state index contributed by atoms with van der Waals surface area (Å²) in [6.07, 6.45) is 2.24. The number of nitrogens with two attached hydrogens (primary N) is 1. The van der Waals surface area contributed by atoms with Crippen molar-refractivity contribution >= 4 is 22.6 Å². The molecule has 0 saturated carbocycles. The van der Waals surface area contributed by atoms with E-state index in [9.17, 15) is 4.79 Å². The Morgan fingerprint density at radius 1 is 1.53 bits per heavy atom. The first kappa shape index (κ1) is 13.5. The minimum atomic E-state index is 0.0771. The van der Waals surface area contributed by atoms with Crippen molar-refractivity contribution in [1.29, 1.82) is 0 Å². The van der Waals surface area contributed by atoms with E-state index >= 15 is 0 Å². The Labute approximate surface area is 113 Å². The summed E-state index contributed by atoms with van der Waals surface area (Å²) >= 11 is 0. The van der Waals surface area contributed by atoms with Crippen LogP contribution in [-0.4, -0.2) is 29.1 Å². The zero-order chi connectivity index (χ0) is 14.0. The molecular formula is C14H20N4O. The second kappa shape index (κ2) is 5.40. The van der Waals surface area contributed by atoms with Gasteiger partial charge in [0.25, 0.3) is 0 Å². The van der Waals surface area contributed by atoms with Crippen molar-refractivity contribution in [2.75, 3.05) is 18.5 Å². The first-order chi connectivity index (χ1) is 9.02. The molecule has 0 fully saturated rings. The lowest BCUT2D eigenvalue weighted by Gasteiger charge is -2.19. The smallest absolute Gasteiger partial charge is 0.227 e. The van der Waals surface area contributed by atoms with Crippen molar-refractivity contribution in [1.82, 2.24) is 9.55 Å². The molecule has 1 unspecified atom stereocenters. The van der Waals surface area contributed by atoms with Crippen LogP contribution in [0, 0.1) is 5.92 Å². The number of benzene rings is 1. The van der Waals surface area contributed by atoms with Gasteiger partial charge in [-0.2, -0.15) is 0 Å². The summed E-state index contributed by atoms with van der Waals surface area (Å²) in [5, 5.41) is 0. The largest absolute Gasteiger partial charge is 0.334 e. The summed E-state index contributed by atoms with van der Waals surface area (Å²) in [4.78, 5) is 18.1.